The standard InChI is InChI=1S/C12H16F2N2OS/c1-3-18-6-7(2)16-12(17)8-4-9(13)11(15)10(14)5-8/h4-5,7H,3,6,15H2,1-2H3,(H,16,17). The zero-order valence-corrected chi connectivity index (χ0v) is 11.1. The van der Waals surface area contributed by atoms with E-state index in [1.165, 1.54) is 0 Å². The van der Waals surface area contributed by atoms with Crippen LogP contribution in [-0.2, 0) is 0 Å². The number of rotatable bonds is 5. The number of nitrogens with one attached hydrogen (secondary N) is 1. The van der Waals surface area contributed by atoms with Crippen LogP contribution in [0.15, 0.2) is 12.1 Å². The van der Waals surface area contributed by atoms with Gasteiger partial charge in [-0.25, -0.2) is 8.78 Å². The van der Waals surface area contributed by atoms with Gasteiger partial charge in [0.15, 0.2) is 0 Å². The van der Waals surface area contributed by atoms with E-state index in [1.807, 2.05) is 13.8 Å². The third-order valence-electron chi connectivity index (χ3n) is 2.29. The normalized spacial score (nSPS) is 12.2. The van der Waals surface area contributed by atoms with Gasteiger partial charge in [-0.3, -0.25) is 4.79 Å². The molecule has 3 N–H and O–H groups in total. The molecule has 6 heteroatoms. The topological polar surface area (TPSA) is 55.1 Å². The molecule has 1 unspecified atom stereocenters. The molecule has 3 nitrogen and oxygen atoms in total. The minimum Gasteiger partial charge on any atom is -0.394 e. The highest BCUT2D eigenvalue weighted by Crippen LogP contribution is 2.17. The Bertz CT molecular complexity index is 417. The van der Waals surface area contributed by atoms with E-state index in [-0.39, 0.29) is 11.6 Å². The highest BCUT2D eigenvalue weighted by molar-refractivity contribution is 7.99. The maximum absolute atomic E-state index is 13.2. The summed E-state index contributed by atoms with van der Waals surface area (Å²) in [5, 5.41) is 2.67. The van der Waals surface area contributed by atoms with Crippen LogP contribution in [0, 0.1) is 11.6 Å². The van der Waals surface area contributed by atoms with E-state index in [0.29, 0.717) is 0 Å². The molecule has 100 valence electrons. The molecule has 0 saturated heterocycles. The van der Waals surface area contributed by atoms with Gasteiger partial charge in [0.2, 0.25) is 0 Å². The van der Waals surface area contributed by atoms with Gasteiger partial charge in [-0.15, -0.1) is 0 Å². The van der Waals surface area contributed by atoms with Gasteiger partial charge in [0.05, 0.1) is 0 Å². The van der Waals surface area contributed by atoms with Crippen molar-refractivity contribution >= 4 is 23.4 Å². The number of nitrogen functional groups attached to an aromatic ring is 1. The fraction of sp³-hybridized carbons (Fsp3) is 0.417. The number of hydrogen-bond donors (Lipinski definition) is 2. The van der Waals surface area contributed by atoms with Crippen molar-refractivity contribution in [1.82, 2.24) is 5.32 Å². The highest BCUT2D eigenvalue weighted by Gasteiger charge is 2.14. The third kappa shape index (κ3) is 3.87. The average Bonchev–Trinajstić information content (AvgIpc) is 2.32. The van der Waals surface area contributed by atoms with Gasteiger partial charge in [0.1, 0.15) is 17.3 Å². The molecule has 18 heavy (non-hydrogen) atoms. The first-order valence-corrected chi connectivity index (χ1v) is 6.74. The number of nitrogens with two attached hydrogens (primary N) is 1. The van der Waals surface area contributed by atoms with Crippen molar-refractivity contribution in [1.29, 1.82) is 0 Å². The molecule has 1 amide bonds. The van der Waals surface area contributed by atoms with Crippen LogP contribution in [0.25, 0.3) is 0 Å². The van der Waals surface area contributed by atoms with Crippen LogP contribution in [0.3, 0.4) is 0 Å². The molecular weight excluding hydrogens is 258 g/mol. The molecule has 1 rings (SSSR count). The van der Waals surface area contributed by atoms with Crippen LogP contribution in [0.2, 0.25) is 0 Å². The molecule has 0 fully saturated rings. The number of carbonyl (C=O) groups is 1. The highest BCUT2D eigenvalue weighted by atomic mass is 32.2. The van der Waals surface area contributed by atoms with Crippen LogP contribution in [0.5, 0.6) is 0 Å². The summed E-state index contributed by atoms with van der Waals surface area (Å²) in [6, 6.07) is 1.81. The molecule has 0 aliphatic carbocycles. The minimum atomic E-state index is -0.921. The van der Waals surface area contributed by atoms with Gasteiger partial charge >= 0.3 is 0 Å². The Morgan fingerprint density at radius 2 is 2.00 bits per heavy atom. The van der Waals surface area contributed by atoms with E-state index in [9.17, 15) is 13.6 Å². The SMILES string of the molecule is CCSCC(C)NC(=O)c1cc(F)c(N)c(F)c1. The molecule has 0 saturated carbocycles. The van der Waals surface area contributed by atoms with Gasteiger partial charge in [0.25, 0.3) is 5.91 Å². The molecule has 1 aromatic rings. The maximum Gasteiger partial charge on any atom is 0.251 e. The van der Waals surface area contributed by atoms with Crippen molar-refractivity contribution < 1.29 is 13.6 Å². The lowest BCUT2D eigenvalue weighted by Crippen LogP contribution is -2.34. The molecule has 1 aromatic carbocycles. The zero-order chi connectivity index (χ0) is 13.7. The number of benzene rings is 1. The monoisotopic (exact) mass is 274 g/mol. The third-order valence-corrected chi connectivity index (χ3v) is 3.43. The largest absolute Gasteiger partial charge is 0.394 e. The van der Waals surface area contributed by atoms with E-state index >= 15 is 0 Å². The summed E-state index contributed by atoms with van der Waals surface area (Å²) in [7, 11) is 0. The first-order chi connectivity index (χ1) is 8.45. The van der Waals surface area contributed by atoms with E-state index in [4.69, 9.17) is 5.73 Å². The Morgan fingerprint density at radius 3 is 2.50 bits per heavy atom. The molecule has 0 spiro atoms. The van der Waals surface area contributed by atoms with E-state index in [0.717, 1.165) is 23.6 Å². The summed E-state index contributed by atoms with van der Waals surface area (Å²) in [4.78, 5) is 11.7. The average molecular weight is 274 g/mol. The molecule has 0 aliphatic heterocycles. The van der Waals surface area contributed by atoms with Crippen molar-refractivity contribution in [3.05, 3.63) is 29.3 Å². The Balaban J connectivity index is 2.73. The maximum atomic E-state index is 13.2. The van der Waals surface area contributed by atoms with Gasteiger partial charge in [-0.2, -0.15) is 11.8 Å². The lowest BCUT2D eigenvalue weighted by Gasteiger charge is -2.13. The number of amides is 1. The van der Waals surface area contributed by atoms with Crippen LogP contribution >= 0.6 is 11.8 Å². The van der Waals surface area contributed by atoms with Gasteiger partial charge in [-0.1, -0.05) is 6.92 Å². The van der Waals surface area contributed by atoms with Gasteiger partial charge in [-0.05, 0) is 24.8 Å². The lowest BCUT2D eigenvalue weighted by molar-refractivity contribution is 0.0943. The van der Waals surface area contributed by atoms with Gasteiger partial charge in [0, 0.05) is 17.4 Å². The summed E-state index contributed by atoms with van der Waals surface area (Å²) < 4.78 is 26.4. The lowest BCUT2D eigenvalue weighted by atomic mass is 10.1. The first-order valence-electron chi connectivity index (χ1n) is 5.58. The molecule has 1 atom stereocenters. The second-order valence-corrected chi connectivity index (χ2v) is 5.21. The predicted molar refractivity (Wildman–Crippen MR) is 70.7 cm³/mol. The Labute approximate surface area is 109 Å². The van der Waals surface area contributed by atoms with Crippen molar-refractivity contribution in [3.63, 3.8) is 0 Å². The fourth-order valence-electron chi connectivity index (χ4n) is 1.36. The van der Waals surface area contributed by atoms with Crippen molar-refractivity contribution in [2.24, 2.45) is 0 Å². The summed E-state index contributed by atoms with van der Waals surface area (Å²) in [5.74, 6) is -0.642. The Hall–Kier alpha value is -1.30. The van der Waals surface area contributed by atoms with E-state index in [2.05, 4.69) is 5.32 Å². The zero-order valence-electron chi connectivity index (χ0n) is 10.3. The molecule has 0 aliphatic rings. The number of carbonyl (C=O) groups excluding carboxylic acids is 1. The van der Waals surface area contributed by atoms with Crippen molar-refractivity contribution in [3.8, 4) is 0 Å². The Kier molecular flexibility index (Phi) is 5.40. The summed E-state index contributed by atoms with van der Waals surface area (Å²) in [6.07, 6.45) is 0. The quantitative estimate of drug-likeness (QED) is 0.811. The van der Waals surface area contributed by atoms with Crippen LogP contribution in [0.1, 0.15) is 24.2 Å². The Morgan fingerprint density at radius 1 is 1.44 bits per heavy atom. The van der Waals surface area contributed by atoms with E-state index < -0.39 is 23.2 Å². The number of halogens is 2. The second kappa shape index (κ2) is 6.58. The molecular formula is C12H16F2N2OS. The van der Waals surface area contributed by atoms with Crippen LogP contribution in [-0.4, -0.2) is 23.5 Å². The molecule has 0 bridgehead atoms. The summed E-state index contributed by atoms with van der Waals surface area (Å²) >= 11 is 1.68. The molecule has 0 heterocycles. The van der Waals surface area contributed by atoms with Crippen LogP contribution < -0.4 is 11.1 Å². The fourth-order valence-corrected chi connectivity index (χ4v) is 2.03. The minimum absolute atomic E-state index is 0.0625. The van der Waals surface area contributed by atoms with E-state index in [1.54, 1.807) is 11.8 Å². The summed E-state index contributed by atoms with van der Waals surface area (Å²) in [6.45, 7) is 3.86. The molecule has 0 radical (unpaired) electrons. The van der Waals surface area contributed by atoms with Crippen LogP contribution in [0.4, 0.5) is 14.5 Å². The first kappa shape index (κ1) is 14.8. The second-order valence-electron chi connectivity index (χ2n) is 3.89. The summed E-state index contributed by atoms with van der Waals surface area (Å²) in [5.41, 5.74) is 4.50. The predicted octanol–water partition coefficient (Wildman–Crippen LogP) is 2.42. The number of hydrogen-bond acceptors (Lipinski definition) is 3. The number of anilines is 1. The van der Waals surface area contributed by atoms with Crippen molar-refractivity contribution in [2.45, 2.75) is 19.9 Å². The molecule has 0 aromatic heterocycles. The number of thioether (sulfide) groups is 1. The van der Waals surface area contributed by atoms with Gasteiger partial charge < -0.3 is 11.1 Å². The van der Waals surface area contributed by atoms with Crippen molar-refractivity contribution in [2.75, 3.05) is 17.2 Å². The smallest absolute Gasteiger partial charge is 0.251 e.